The Morgan fingerprint density at radius 2 is 1.92 bits per heavy atom. The molecule has 0 aliphatic carbocycles. The molecule has 8 nitrogen and oxygen atoms in total. The Balaban J connectivity index is 1.80. The fourth-order valence-electron chi connectivity index (χ4n) is 2.25. The van der Waals surface area contributed by atoms with Gasteiger partial charge in [-0.05, 0) is 30.3 Å². The van der Waals surface area contributed by atoms with Gasteiger partial charge in [-0.25, -0.2) is 0 Å². The summed E-state index contributed by atoms with van der Waals surface area (Å²) in [7, 11) is 3.16. The second-order valence-corrected chi connectivity index (χ2v) is 5.17. The molecule has 0 bridgehead atoms. The van der Waals surface area contributed by atoms with E-state index in [0.29, 0.717) is 34.5 Å². The van der Waals surface area contributed by atoms with Crippen LogP contribution < -0.4 is 20.1 Å². The van der Waals surface area contributed by atoms with Crippen LogP contribution in [0.3, 0.4) is 0 Å². The van der Waals surface area contributed by atoms with Crippen molar-refractivity contribution < 1.29 is 9.47 Å². The highest BCUT2D eigenvalue weighted by atomic mass is 16.5. The van der Waals surface area contributed by atoms with Gasteiger partial charge in [-0.1, -0.05) is 6.07 Å². The quantitative estimate of drug-likeness (QED) is 0.699. The lowest BCUT2D eigenvalue weighted by Crippen LogP contribution is -2.03. The molecule has 0 unspecified atom stereocenters. The van der Waals surface area contributed by atoms with Crippen LogP contribution in [0.25, 0.3) is 0 Å². The molecule has 0 saturated heterocycles. The molecule has 3 rings (SSSR count). The molecule has 2 N–H and O–H groups in total. The molecule has 0 fully saturated rings. The van der Waals surface area contributed by atoms with Crippen LogP contribution in [-0.4, -0.2) is 29.4 Å². The third-order valence-electron chi connectivity index (χ3n) is 3.48. The van der Waals surface area contributed by atoms with Gasteiger partial charge in [-0.15, -0.1) is 5.10 Å². The summed E-state index contributed by atoms with van der Waals surface area (Å²) in [5.74, 6) is 2.06. The van der Waals surface area contributed by atoms with E-state index in [-0.39, 0.29) is 0 Å². The molecule has 26 heavy (non-hydrogen) atoms. The number of benzene rings is 2. The fraction of sp³-hybridized carbons (Fsp3) is 0.111. The predicted molar refractivity (Wildman–Crippen MR) is 97.1 cm³/mol. The van der Waals surface area contributed by atoms with Crippen molar-refractivity contribution in [1.29, 1.82) is 5.26 Å². The lowest BCUT2D eigenvalue weighted by Gasteiger charge is -2.12. The number of hydrogen-bond acceptors (Lipinski definition) is 8. The summed E-state index contributed by atoms with van der Waals surface area (Å²) in [5.41, 5.74) is 1.97. The van der Waals surface area contributed by atoms with Gasteiger partial charge >= 0.3 is 0 Å². The molecule has 0 aliphatic heterocycles. The normalized spacial score (nSPS) is 9.88. The lowest BCUT2D eigenvalue weighted by molar-refractivity contribution is 0.395. The van der Waals surface area contributed by atoms with Crippen molar-refractivity contribution in [3.8, 4) is 17.6 Å². The number of rotatable bonds is 6. The minimum Gasteiger partial charge on any atom is -0.497 e. The van der Waals surface area contributed by atoms with Crippen LogP contribution in [0.1, 0.15) is 5.56 Å². The van der Waals surface area contributed by atoms with Crippen LogP contribution >= 0.6 is 0 Å². The molecule has 130 valence electrons. The van der Waals surface area contributed by atoms with Gasteiger partial charge in [0.15, 0.2) is 5.82 Å². The smallest absolute Gasteiger partial charge is 0.249 e. The second kappa shape index (κ2) is 7.81. The van der Waals surface area contributed by atoms with Crippen molar-refractivity contribution in [3.63, 3.8) is 0 Å². The molecule has 0 aliphatic rings. The minimum absolute atomic E-state index is 0.301. The predicted octanol–water partition coefficient (Wildman–Crippen LogP) is 3.25. The van der Waals surface area contributed by atoms with E-state index in [1.54, 1.807) is 50.6 Å². The minimum atomic E-state index is 0.301. The molecule has 0 radical (unpaired) electrons. The number of anilines is 4. The largest absolute Gasteiger partial charge is 0.497 e. The first-order valence-electron chi connectivity index (χ1n) is 7.68. The van der Waals surface area contributed by atoms with Crippen LogP contribution in [0.5, 0.6) is 11.5 Å². The Bertz CT molecular complexity index is 954. The summed E-state index contributed by atoms with van der Waals surface area (Å²) in [4.78, 5) is 4.37. The van der Waals surface area contributed by atoms with Gasteiger partial charge in [0.05, 0.1) is 37.7 Å². The van der Waals surface area contributed by atoms with E-state index in [1.807, 2.05) is 6.07 Å². The van der Waals surface area contributed by atoms with Gasteiger partial charge in [0.25, 0.3) is 0 Å². The van der Waals surface area contributed by atoms with Crippen LogP contribution in [0, 0.1) is 11.3 Å². The zero-order chi connectivity index (χ0) is 18.4. The summed E-state index contributed by atoms with van der Waals surface area (Å²) in [6.07, 6.45) is 1.50. The summed E-state index contributed by atoms with van der Waals surface area (Å²) in [6.45, 7) is 0. The third-order valence-corrected chi connectivity index (χ3v) is 3.48. The van der Waals surface area contributed by atoms with Gasteiger partial charge in [-0.3, -0.25) is 0 Å². The first kappa shape index (κ1) is 17.0. The Hall–Kier alpha value is -3.86. The van der Waals surface area contributed by atoms with Crippen molar-refractivity contribution in [1.82, 2.24) is 15.2 Å². The summed E-state index contributed by atoms with van der Waals surface area (Å²) >= 11 is 0. The summed E-state index contributed by atoms with van der Waals surface area (Å²) in [6, 6.07) is 14.5. The molecule has 0 atom stereocenters. The van der Waals surface area contributed by atoms with E-state index in [1.165, 1.54) is 6.20 Å². The zero-order valence-corrected chi connectivity index (χ0v) is 14.2. The van der Waals surface area contributed by atoms with Crippen molar-refractivity contribution in [2.24, 2.45) is 0 Å². The van der Waals surface area contributed by atoms with E-state index in [4.69, 9.17) is 14.7 Å². The molecule has 2 aromatic carbocycles. The second-order valence-electron chi connectivity index (χ2n) is 5.17. The van der Waals surface area contributed by atoms with Crippen LogP contribution in [0.2, 0.25) is 0 Å². The number of aromatic nitrogens is 3. The van der Waals surface area contributed by atoms with Crippen molar-refractivity contribution in [2.45, 2.75) is 0 Å². The maximum Gasteiger partial charge on any atom is 0.249 e. The molecular weight excluding hydrogens is 332 g/mol. The van der Waals surface area contributed by atoms with Gasteiger partial charge < -0.3 is 20.1 Å². The van der Waals surface area contributed by atoms with E-state index in [9.17, 15) is 0 Å². The average Bonchev–Trinajstić information content (AvgIpc) is 2.68. The van der Waals surface area contributed by atoms with Gasteiger partial charge in [0.2, 0.25) is 5.95 Å². The van der Waals surface area contributed by atoms with Crippen molar-refractivity contribution in [3.05, 3.63) is 54.2 Å². The third kappa shape index (κ3) is 3.96. The number of nitrogens with zero attached hydrogens (tertiary/aromatic N) is 4. The highest BCUT2D eigenvalue weighted by Gasteiger charge is 2.08. The number of nitrogens with one attached hydrogen (secondary N) is 2. The highest BCUT2D eigenvalue weighted by Crippen LogP contribution is 2.30. The number of nitriles is 1. The van der Waals surface area contributed by atoms with E-state index in [0.717, 1.165) is 5.69 Å². The van der Waals surface area contributed by atoms with Gasteiger partial charge in [0, 0.05) is 11.8 Å². The Morgan fingerprint density at radius 1 is 1.04 bits per heavy atom. The summed E-state index contributed by atoms with van der Waals surface area (Å²) in [5, 5.41) is 23.1. The molecule has 1 heterocycles. The van der Waals surface area contributed by atoms with E-state index >= 15 is 0 Å². The summed E-state index contributed by atoms with van der Waals surface area (Å²) < 4.78 is 10.5. The van der Waals surface area contributed by atoms with Gasteiger partial charge in [0.1, 0.15) is 11.5 Å². The fourth-order valence-corrected chi connectivity index (χ4v) is 2.25. The topological polar surface area (TPSA) is 105 Å². The first-order chi connectivity index (χ1) is 12.7. The van der Waals surface area contributed by atoms with Crippen molar-refractivity contribution >= 4 is 23.1 Å². The Labute approximate surface area is 150 Å². The molecule has 0 saturated carbocycles. The zero-order valence-electron chi connectivity index (χ0n) is 14.2. The molecule has 1 aromatic heterocycles. The van der Waals surface area contributed by atoms with E-state index < -0.39 is 0 Å². The lowest BCUT2D eigenvalue weighted by atomic mass is 10.2. The average molecular weight is 348 g/mol. The van der Waals surface area contributed by atoms with Gasteiger partial charge in [-0.2, -0.15) is 15.3 Å². The van der Waals surface area contributed by atoms with Crippen LogP contribution in [0.15, 0.2) is 48.7 Å². The molecule has 0 spiro atoms. The monoisotopic (exact) mass is 348 g/mol. The number of ether oxygens (including phenoxy) is 2. The highest BCUT2D eigenvalue weighted by molar-refractivity contribution is 5.65. The van der Waals surface area contributed by atoms with E-state index in [2.05, 4.69) is 31.9 Å². The van der Waals surface area contributed by atoms with Crippen LogP contribution in [0.4, 0.5) is 23.1 Å². The molecule has 8 heteroatoms. The first-order valence-corrected chi connectivity index (χ1v) is 7.68. The SMILES string of the molecule is COc1ccc(Nc2nncc(Nc3cccc(C#N)c3)n2)c(OC)c1. The van der Waals surface area contributed by atoms with Crippen LogP contribution in [-0.2, 0) is 0 Å². The Morgan fingerprint density at radius 3 is 2.69 bits per heavy atom. The maximum absolute atomic E-state index is 8.98. The number of methoxy groups -OCH3 is 2. The van der Waals surface area contributed by atoms with Crippen molar-refractivity contribution in [2.75, 3.05) is 24.9 Å². The molecule has 0 amide bonds. The molecule has 3 aromatic rings. The maximum atomic E-state index is 8.98. The standard InChI is InChI=1S/C18H16N6O2/c1-25-14-6-7-15(16(9-14)26-2)22-18-23-17(11-20-24-18)21-13-5-3-4-12(8-13)10-19/h3-9,11H,1-2H3,(H2,21,22,23,24). The Kier molecular flexibility index (Phi) is 5.10. The molecular formula is C18H16N6O2. The number of hydrogen-bond donors (Lipinski definition) is 2.